The van der Waals surface area contributed by atoms with Crippen molar-refractivity contribution in [3.8, 4) is 17.1 Å². The van der Waals surface area contributed by atoms with Crippen molar-refractivity contribution in [1.82, 2.24) is 25.1 Å². The maximum Gasteiger partial charge on any atom is 0.270 e. The normalized spacial score (nSPS) is 11.0. The number of hydrogen-bond acceptors (Lipinski definition) is 6. The number of carbonyl (C=O) groups excluding carboxylic acids is 1. The number of thioether (sulfide) groups is 1. The number of para-hydroxylation sites is 1. The van der Waals surface area contributed by atoms with E-state index < -0.39 is 5.82 Å². The van der Waals surface area contributed by atoms with Gasteiger partial charge in [0.25, 0.3) is 5.91 Å². The molecule has 0 aliphatic heterocycles. The molecule has 32 heavy (non-hydrogen) atoms. The standard InChI is InChI=1S/C22H19ClFN5OS2/c1-2-11-25-21(30)17-12-31-19(26-17)13-32-22-28-27-20(14-7-3-4-8-15(14)23)29(22)18-10-6-5-9-16(18)24/h3-10,12H,2,11,13H2,1H3,(H,25,30). The zero-order chi connectivity index (χ0) is 22.5. The van der Waals surface area contributed by atoms with Gasteiger partial charge >= 0.3 is 0 Å². The average molecular weight is 488 g/mol. The highest BCUT2D eigenvalue weighted by molar-refractivity contribution is 7.98. The minimum atomic E-state index is -0.397. The van der Waals surface area contributed by atoms with E-state index in [9.17, 15) is 9.18 Å². The summed E-state index contributed by atoms with van der Waals surface area (Å²) in [5.74, 6) is 0.323. The first-order valence-electron chi connectivity index (χ1n) is 9.89. The molecule has 2 aromatic heterocycles. The van der Waals surface area contributed by atoms with Crippen molar-refractivity contribution in [3.63, 3.8) is 0 Å². The number of hydrogen-bond donors (Lipinski definition) is 1. The van der Waals surface area contributed by atoms with Gasteiger partial charge in [-0.3, -0.25) is 9.36 Å². The van der Waals surface area contributed by atoms with E-state index in [0.29, 0.717) is 45.2 Å². The summed E-state index contributed by atoms with van der Waals surface area (Å²) in [6.45, 7) is 2.60. The summed E-state index contributed by atoms with van der Waals surface area (Å²) in [5, 5.41) is 14.9. The second-order valence-corrected chi connectivity index (χ2v) is 9.04. The van der Waals surface area contributed by atoms with E-state index in [-0.39, 0.29) is 5.91 Å². The zero-order valence-corrected chi connectivity index (χ0v) is 19.5. The maximum absolute atomic E-state index is 14.7. The summed E-state index contributed by atoms with van der Waals surface area (Å²) in [6, 6.07) is 13.7. The lowest BCUT2D eigenvalue weighted by Gasteiger charge is -2.11. The number of rotatable bonds is 8. The lowest BCUT2D eigenvalue weighted by molar-refractivity contribution is 0.0949. The van der Waals surface area contributed by atoms with Gasteiger partial charge in [0, 0.05) is 17.5 Å². The van der Waals surface area contributed by atoms with E-state index >= 15 is 0 Å². The highest BCUT2D eigenvalue weighted by Crippen LogP contribution is 2.34. The molecule has 164 valence electrons. The SMILES string of the molecule is CCCNC(=O)c1csc(CSc2nnc(-c3ccccc3Cl)n2-c2ccccc2F)n1. The van der Waals surface area contributed by atoms with E-state index in [2.05, 4.69) is 20.5 Å². The molecule has 0 spiro atoms. The summed E-state index contributed by atoms with van der Waals surface area (Å²) in [6.07, 6.45) is 0.859. The van der Waals surface area contributed by atoms with Gasteiger partial charge in [-0.05, 0) is 30.7 Å². The molecule has 1 N–H and O–H groups in total. The number of nitrogens with one attached hydrogen (secondary N) is 1. The van der Waals surface area contributed by atoms with Crippen LogP contribution in [0, 0.1) is 5.82 Å². The molecule has 0 saturated heterocycles. The Morgan fingerprint density at radius 3 is 2.75 bits per heavy atom. The molecule has 0 radical (unpaired) electrons. The Kier molecular flexibility index (Phi) is 7.19. The van der Waals surface area contributed by atoms with E-state index in [1.54, 1.807) is 34.2 Å². The number of halogens is 2. The predicted molar refractivity (Wildman–Crippen MR) is 126 cm³/mol. The van der Waals surface area contributed by atoms with Crippen LogP contribution in [0.4, 0.5) is 4.39 Å². The van der Waals surface area contributed by atoms with Gasteiger partial charge in [-0.2, -0.15) is 0 Å². The molecule has 2 heterocycles. The van der Waals surface area contributed by atoms with Crippen LogP contribution in [0.15, 0.2) is 59.1 Å². The molecule has 0 aliphatic carbocycles. The van der Waals surface area contributed by atoms with E-state index in [0.717, 1.165) is 11.4 Å². The van der Waals surface area contributed by atoms with E-state index in [1.807, 2.05) is 25.1 Å². The predicted octanol–water partition coefficient (Wildman–Crippen LogP) is 5.62. The largest absolute Gasteiger partial charge is 0.351 e. The van der Waals surface area contributed by atoms with Crippen LogP contribution in [0.3, 0.4) is 0 Å². The average Bonchev–Trinajstić information content (AvgIpc) is 3.44. The molecule has 0 fully saturated rings. The Labute approximate surface area is 197 Å². The highest BCUT2D eigenvalue weighted by Gasteiger charge is 2.20. The van der Waals surface area contributed by atoms with Gasteiger partial charge in [0.2, 0.25) is 0 Å². The van der Waals surface area contributed by atoms with Gasteiger partial charge in [0.1, 0.15) is 16.5 Å². The molecule has 0 aliphatic rings. The van der Waals surface area contributed by atoms with Crippen LogP contribution in [-0.4, -0.2) is 32.2 Å². The van der Waals surface area contributed by atoms with Crippen molar-refractivity contribution < 1.29 is 9.18 Å². The van der Waals surface area contributed by atoms with E-state index in [4.69, 9.17) is 11.6 Å². The summed E-state index contributed by atoms with van der Waals surface area (Å²) in [4.78, 5) is 16.5. The lowest BCUT2D eigenvalue weighted by Crippen LogP contribution is -2.24. The fraction of sp³-hybridized carbons (Fsp3) is 0.182. The number of thiazole rings is 1. The van der Waals surface area contributed by atoms with Crippen LogP contribution in [0.2, 0.25) is 5.02 Å². The Morgan fingerprint density at radius 1 is 1.19 bits per heavy atom. The molecule has 0 unspecified atom stereocenters. The molecular formula is C22H19ClFN5OS2. The monoisotopic (exact) mass is 487 g/mol. The molecule has 4 aromatic rings. The molecular weight excluding hydrogens is 469 g/mol. The molecule has 0 atom stereocenters. The first-order valence-corrected chi connectivity index (χ1v) is 12.1. The van der Waals surface area contributed by atoms with Crippen molar-refractivity contribution in [1.29, 1.82) is 0 Å². The van der Waals surface area contributed by atoms with Gasteiger partial charge < -0.3 is 5.32 Å². The minimum Gasteiger partial charge on any atom is -0.351 e. The Hall–Kier alpha value is -2.75. The maximum atomic E-state index is 14.7. The van der Waals surface area contributed by atoms with Gasteiger partial charge in [0.05, 0.1) is 16.5 Å². The van der Waals surface area contributed by atoms with Crippen molar-refractivity contribution in [2.75, 3.05) is 6.54 Å². The van der Waals surface area contributed by atoms with Crippen LogP contribution in [0.5, 0.6) is 0 Å². The number of benzene rings is 2. The third kappa shape index (κ3) is 4.85. The summed E-state index contributed by atoms with van der Waals surface area (Å²) in [7, 11) is 0. The molecule has 0 saturated carbocycles. The third-order valence-corrected chi connectivity index (χ3v) is 6.79. The van der Waals surface area contributed by atoms with Crippen LogP contribution < -0.4 is 5.32 Å². The minimum absolute atomic E-state index is 0.185. The van der Waals surface area contributed by atoms with Gasteiger partial charge in [-0.25, -0.2) is 9.37 Å². The first kappa shape index (κ1) is 22.4. The van der Waals surface area contributed by atoms with Crippen LogP contribution in [0.1, 0.15) is 28.8 Å². The van der Waals surface area contributed by atoms with Crippen LogP contribution in [-0.2, 0) is 5.75 Å². The first-order chi connectivity index (χ1) is 15.6. The third-order valence-electron chi connectivity index (χ3n) is 4.49. The van der Waals surface area contributed by atoms with Crippen molar-refractivity contribution in [2.24, 2.45) is 0 Å². The molecule has 10 heteroatoms. The van der Waals surface area contributed by atoms with Gasteiger partial charge in [0.15, 0.2) is 11.0 Å². The molecule has 4 rings (SSSR count). The fourth-order valence-electron chi connectivity index (χ4n) is 2.97. The summed E-state index contributed by atoms with van der Waals surface area (Å²) < 4.78 is 16.4. The second kappa shape index (κ2) is 10.2. The summed E-state index contributed by atoms with van der Waals surface area (Å²) in [5.41, 5.74) is 1.38. The second-order valence-electron chi connectivity index (χ2n) is 6.74. The smallest absolute Gasteiger partial charge is 0.270 e. The van der Waals surface area contributed by atoms with Crippen molar-refractivity contribution in [3.05, 3.63) is 75.5 Å². The quantitative estimate of drug-likeness (QED) is 0.327. The summed E-state index contributed by atoms with van der Waals surface area (Å²) >= 11 is 9.14. The zero-order valence-electron chi connectivity index (χ0n) is 17.1. The Bertz CT molecular complexity index is 1240. The van der Waals surface area contributed by atoms with Gasteiger partial charge in [-0.15, -0.1) is 21.5 Å². The lowest BCUT2D eigenvalue weighted by atomic mass is 10.2. The molecule has 2 aromatic carbocycles. The molecule has 1 amide bonds. The molecule has 0 bridgehead atoms. The van der Waals surface area contributed by atoms with Gasteiger partial charge in [-0.1, -0.05) is 54.6 Å². The van der Waals surface area contributed by atoms with Crippen molar-refractivity contribution >= 4 is 40.6 Å². The number of carbonyl (C=O) groups is 1. The van der Waals surface area contributed by atoms with Crippen LogP contribution >= 0.6 is 34.7 Å². The number of nitrogens with zero attached hydrogens (tertiary/aromatic N) is 4. The number of amides is 1. The topological polar surface area (TPSA) is 72.7 Å². The van der Waals surface area contributed by atoms with Crippen molar-refractivity contribution in [2.45, 2.75) is 24.3 Å². The fourth-order valence-corrected chi connectivity index (χ4v) is 4.92. The number of aromatic nitrogens is 4. The highest BCUT2D eigenvalue weighted by atomic mass is 35.5. The Morgan fingerprint density at radius 2 is 1.97 bits per heavy atom. The molecule has 6 nitrogen and oxygen atoms in total. The van der Waals surface area contributed by atoms with Crippen LogP contribution in [0.25, 0.3) is 17.1 Å². The van der Waals surface area contributed by atoms with E-state index in [1.165, 1.54) is 29.2 Å². The Balaban J connectivity index is 1.64.